The molecule has 0 aliphatic heterocycles. The Morgan fingerprint density at radius 1 is 1.21 bits per heavy atom. The fourth-order valence-electron chi connectivity index (χ4n) is 1.95. The average molecular weight is 278 g/mol. The van der Waals surface area contributed by atoms with Gasteiger partial charge in [-0.25, -0.2) is 8.42 Å². The topological polar surface area (TPSA) is 79.0 Å². The maximum atomic E-state index is 12.5. The molecule has 0 aromatic carbocycles. The van der Waals surface area contributed by atoms with E-state index in [-0.39, 0.29) is 11.1 Å². The molecule has 6 nitrogen and oxygen atoms in total. The van der Waals surface area contributed by atoms with Crippen LogP contribution in [-0.2, 0) is 16.6 Å². The molecule has 1 aliphatic carbocycles. The van der Waals surface area contributed by atoms with Crippen molar-refractivity contribution in [3.63, 3.8) is 0 Å². The normalized spacial score (nSPS) is 15.8. The zero-order chi connectivity index (χ0) is 13.3. The molecule has 1 saturated carbocycles. The monoisotopic (exact) mass is 278 g/mol. The molecule has 2 aromatic rings. The third-order valence-electron chi connectivity index (χ3n) is 3.10. The van der Waals surface area contributed by atoms with Crippen LogP contribution in [-0.4, -0.2) is 33.9 Å². The number of nitrogens with zero attached hydrogens (tertiary/aromatic N) is 3. The first-order valence-corrected chi connectivity index (χ1v) is 7.52. The van der Waals surface area contributed by atoms with Crippen molar-refractivity contribution in [1.82, 2.24) is 19.5 Å². The lowest BCUT2D eigenvalue weighted by Gasteiger charge is -2.20. The number of aromatic nitrogens is 3. The van der Waals surface area contributed by atoms with Crippen molar-refractivity contribution >= 4 is 10.0 Å². The average Bonchev–Trinajstić information content (AvgIpc) is 3.09. The number of sulfonamides is 1. The Morgan fingerprint density at radius 3 is 2.53 bits per heavy atom. The first-order valence-electron chi connectivity index (χ1n) is 6.08. The Hall–Kier alpha value is -1.73. The fraction of sp³-hybridized carbons (Fsp3) is 0.333. The molecule has 0 atom stereocenters. The van der Waals surface area contributed by atoms with Gasteiger partial charge in [-0.3, -0.25) is 10.1 Å². The van der Waals surface area contributed by atoms with Crippen LogP contribution in [0.4, 0.5) is 0 Å². The van der Waals surface area contributed by atoms with Crippen molar-refractivity contribution < 1.29 is 8.42 Å². The highest BCUT2D eigenvalue weighted by molar-refractivity contribution is 7.89. The van der Waals surface area contributed by atoms with E-state index >= 15 is 0 Å². The van der Waals surface area contributed by atoms with Crippen molar-refractivity contribution in [2.24, 2.45) is 0 Å². The Bertz CT molecular complexity index is 636. The number of rotatable bonds is 5. The van der Waals surface area contributed by atoms with Crippen LogP contribution >= 0.6 is 0 Å². The largest absolute Gasteiger partial charge is 0.266 e. The molecule has 19 heavy (non-hydrogen) atoms. The highest BCUT2D eigenvalue weighted by Gasteiger charge is 2.38. The Labute approximate surface area is 111 Å². The molecule has 1 N–H and O–H groups in total. The first-order chi connectivity index (χ1) is 9.18. The van der Waals surface area contributed by atoms with Gasteiger partial charge in [-0.1, -0.05) is 0 Å². The molecule has 2 aromatic heterocycles. The smallest absolute Gasteiger partial charge is 0.260 e. The Kier molecular flexibility index (Phi) is 3.08. The molecule has 0 bridgehead atoms. The minimum absolute atomic E-state index is 0.0986. The molecule has 3 rings (SSSR count). The quantitative estimate of drug-likeness (QED) is 0.890. The van der Waals surface area contributed by atoms with E-state index in [1.807, 2.05) is 12.1 Å². The summed E-state index contributed by atoms with van der Waals surface area (Å²) < 4.78 is 26.6. The van der Waals surface area contributed by atoms with Gasteiger partial charge in [-0.05, 0) is 36.6 Å². The second kappa shape index (κ2) is 4.75. The zero-order valence-corrected chi connectivity index (χ0v) is 11.0. The molecular formula is C12H14N4O2S. The summed E-state index contributed by atoms with van der Waals surface area (Å²) >= 11 is 0. The van der Waals surface area contributed by atoms with Crippen LogP contribution in [0.15, 0.2) is 41.8 Å². The number of hydrogen-bond donors (Lipinski definition) is 1. The summed E-state index contributed by atoms with van der Waals surface area (Å²) in [5.41, 5.74) is 0.935. The summed E-state index contributed by atoms with van der Waals surface area (Å²) in [5, 5.41) is 6.40. The highest BCUT2D eigenvalue weighted by Crippen LogP contribution is 2.32. The van der Waals surface area contributed by atoms with Crippen LogP contribution in [0.2, 0.25) is 0 Å². The molecule has 0 amide bonds. The molecule has 1 aliphatic rings. The second-order valence-electron chi connectivity index (χ2n) is 4.56. The van der Waals surface area contributed by atoms with Gasteiger partial charge in [0.05, 0.1) is 6.20 Å². The molecule has 7 heteroatoms. The second-order valence-corrected chi connectivity index (χ2v) is 6.42. The van der Waals surface area contributed by atoms with Crippen LogP contribution in [0.25, 0.3) is 0 Å². The van der Waals surface area contributed by atoms with Crippen LogP contribution in [0.1, 0.15) is 18.4 Å². The van der Waals surface area contributed by atoms with E-state index in [2.05, 4.69) is 15.2 Å². The van der Waals surface area contributed by atoms with Gasteiger partial charge in [0.2, 0.25) is 0 Å². The van der Waals surface area contributed by atoms with E-state index in [1.54, 1.807) is 12.4 Å². The van der Waals surface area contributed by atoms with Gasteiger partial charge in [0.1, 0.15) is 0 Å². The van der Waals surface area contributed by atoms with Crippen molar-refractivity contribution in [3.05, 3.63) is 42.4 Å². The summed E-state index contributed by atoms with van der Waals surface area (Å²) in [6.45, 7) is 0.370. The number of nitrogens with one attached hydrogen (secondary N) is 1. The Morgan fingerprint density at radius 2 is 1.95 bits per heavy atom. The summed E-state index contributed by atoms with van der Waals surface area (Å²) in [6.07, 6.45) is 6.62. The summed E-state index contributed by atoms with van der Waals surface area (Å²) in [4.78, 5) is 3.94. The molecule has 0 unspecified atom stereocenters. The van der Waals surface area contributed by atoms with Crippen LogP contribution in [0, 0.1) is 0 Å². The maximum Gasteiger partial charge on any atom is 0.260 e. The van der Waals surface area contributed by atoms with Gasteiger partial charge in [0.25, 0.3) is 10.0 Å². The van der Waals surface area contributed by atoms with E-state index in [4.69, 9.17) is 0 Å². The molecule has 100 valence electrons. The van der Waals surface area contributed by atoms with Gasteiger partial charge in [0.15, 0.2) is 5.03 Å². The van der Waals surface area contributed by atoms with E-state index in [0.717, 1.165) is 18.4 Å². The van der Waals surface area contributed by atoms with Crippen LogP contribution in [0.3, 0.4) is 0 Å². The number of pyridine rings is 1. The van der Waals surface area contributed by atoms with Gasteiger partial charge in [0, 0.05) is 25.0 Å². The zero-order valence-electron chi connectivity index (χ0n) is 10.2. The summed E-state index contributed by atoms with van der Waals surface area (Å²) in [7, 11) is -3.50. The number of hydrogen-bond acceptors (Lipinski definition) is 4. The lowest BCUT2D eigenvalue weighted by molar-refractivity contribution is 0.396. The van der Waals surface area contributed by atoms with Crippen molar-refractivity contribution in [2.75, 3.05) is 0 Å². The minimum Gasteiger partial charge on any atom is -0.266 e. The first kappa shape index (κ1) is 12.3. The molecule has 0 spiro atoms. The summed E-state index contributed by atoms with van der Waals surface area (Å²) in [6, 6.07) is 5.24. The summed E-state index contributed by atoms with van der Waals surface area (Å²) in [5.74, 6) is 0. The molecular weight excluding hydrogens is 264 g/mol. The lowest BCUT2D eigenvalue weighted by atomic mass is 10.3. The van der Waals surface area contributed by atoms with Crippen LogP contribution in [0.5, 0.6) is 0 Å². The van der Waals surface area contributed by atoms with E-state index < -0.39 is 10.0 Å². The third-order valence-corrected chi connectivity index (χ3v) is 4.93. The predicted molar refractivity (Wildman–Crippen MR) is 68.6 cm³/mol. The van der Waals surface area contributed by atoms with Gasteiger partial charge in [-0.15, -0.1) is 0 Å². The maximum absolute atomic E-state index is 12.5. The molecule has 1 fully saturated rings. The van der Waals surface area contributed by atoms with Crippen molar-refractivity contribution in [1.29, 1.82) is 0 Å². The standard InChI is InChI=1S/C12H14N4O2S/c17-19(18,12-5-8-14-15-12)16(11-1-2-11)9-10-3-6-13-7-4-10/h3-8,11H,1-2,9H2,(H,14,15). The lowest BCUT2D eigenvalue weighted by Crippen LogP contribution is -2.32. The van der Waals surface area contributed by atoms with Gasteiger partial charge < -0.3 is 0 Å². The van der Waals surface area contributed by atoms with Gasteiger partial charge >= 0.3 is 0 Å². The van der Waals surface area contributed by atoms with E-state index in [0.29, 0.717) is 6.54 Å². The van der Waals surface area contributed by atoms with Gasteiger partial charge in [-0.2, -0.15) is 9.40 Å². The molecule has 2 heterocycles. The van der Waals surface area contributed by atoms with E-state index in [1.165, 1.54) is 16.6 Å². The third kappa shape index (κ3) is 2.52. The molecule has 0 radical (unpaired) electrons. The van der Waals surface area contributed by atoms with Crippen molar-refractivity contribution in [3.8, 4) is 0 Å². The van der Waals surface area contributed by atoms with Crippen LogP contribution < -0.4 is 0 Å². The van der Waals surface area contributed by atoms with Crippen molar-refractivity contribution in [2.45, 2.75) is 30.5 Å². The molecule has 0 saturated heterocycles. The van der Waals surface area contributed by atoms with E-state index in [9.17, 15) is 8.42 Å². The number of aromatic amines is 1. The minimum atomic E-state index is -3.50. The SMILES string of the molecule is O=S(=O)(c1ccn[nH]1)N(Cc1ccncc1)C1CC1. The fourth-order valence-corrected chi connectivity index (χ4v) is 3.53. The number of H-pyrrole nitrogens is 1. The highest BCUT2D eigenvalue weighted by atomic mass is 32.2. The predicted octanol–water partition coefficient (Wildman–Crippen LogP) is 1.16. The Balaban J connectivity index is 1.90.